The van der Waals surface area contributed by atoms with E-state index in [1.807, 2.05) is 0 Å². The second-order valence-corrected chi connectivity index (χ2v) is 3.35. The van der Waals surface area contributed by atoms with Crippen LogP contribution in [0.2, 0.25) is 0 Å². The van der Waals surface area contributed by atoms with Crippen molar-refractivity contribution >= 4 is 5.97 Å². The van der Waals surface area contributed by atoms with Crippen molar-refractivity contribution in [3.8, 4) is 0 Å². The molecule has 0 amide bonds. The second-order valence-electron chi connectivity index (χ2n) is 3.35. The highest BCUT2D eigenvalue weighted by Crippen LogP contribution is 2.36. The Kier molecular flexibility index (Phi) is 4.40. The Hall–Kier alpha value is -1.03. The minimum Gasteiger partial charge on any atom is -0.479 e. The van der Waals surface area contributed by atoms with Crippen molar-refractivity contribution < 1.29 is 46.1 Å². The van der Waals surface area contributed by atoms with Gasteiger partial charge in [-0.1, -0.05) is 0 Å². The van der Waals surface area contributed by atoms with Crippen LogP contribution in [0.1, 0.15) is 6.92 Å². The minimum absolute atomic E-state index is 0.513. The van der Waals surface area contributed by atoms with Gasteiger partial charge in [0.1, 0.15) is 0 Å². The van der Waals surface area contributed by atoms with Gasteiger partial charge in [-0.25, -0.2) is 4.79 Å². The van der Waals surface area contributed by atoms with Crippen LogP contribution >= 0.6 is 0 Å². The number of aliphatic carboxylic acids is 1. The van der Waals surface area contributed by atoms with Crippen LogP contribution in [-0.4, -0.2) is 46.8 Å². The van der Waals surface area contributed by atoms with Crippen molar-refractivity contribution in [3.63, 3.8) is 0 Å². The van der Waals surface area contributed by atoms with Gasteiger partial charge >= 0.3 is 18.3 Å². The maximum Gasteiger partial charge on any atom is 0.423 e. The van der Waals surface area contributed by atoms with Crippen LogP contribution in [0.5, 0.6) is 0 Å². The summed E-state index contributed by atoms with van der Waals surface area (Å²) in [6, 6.07) is 0. The largest absolute Gasteiger partial charge is 0.479 e. The molecule has 4 nitrogen and oxygen atoms in total. The van der Waals surface area contributed by atoms with E-state index in [1.165, 1.54) is 0 Å². The van der Waals surface area contributed by atoms with Crippen LogP contribution in [0.25, 0.3) is 0 Å². The van der Waals surface area contributed by atoms with Crippen molar-refractivity contribution in [2.75, 3.05) is 6.61 Å². The van der Waals surface area contributed by atoms with Crippen LogP contribution in [0.3, 0.4) is 0 Å². The van der Waals surface area contributed by atoms with E-state index in [-0.39, 0.29) is 0 Å². The van der Waals surface area contributed by atoms with Crippen LogP contribution in [-0.2, 0) is 9.53 Å². The Morgan fingerprint density at radius 1 is 1.18 bits per heavy atom. The molecule has 0 heterocycles. The zero-order valence-corrected chi connectivity index (χ0v) is 8.26. The number of rotatable bonds is 4. The zero-order valence-electron chi connectivity index (χ0n) is 8.26. The van der Waals surface area contributed by atoms with Gasteiger partial charge in [-0.05, 0) is 6.92 Å². The molecule has 0 aromatic carbocycles. The van der Waals surface area contributed by atoms with E-state index in [1.54, 1.807) is 0 Å². The lowest BCUT2D eigenvalue weighted by Crippen LogP contribution is -2.49. The number of halogens is 6. The maximum atomic E-state index is 11.9. The molecular weight excluding hydrogens is 262 g/mol. The van der Waals surface area contributed by atoms with Gasteiger partial charge in [0.15, 0.2) is 5.60 Å². The van der Waals surface area contributed by atoms with Gasteiger partial charge in [-0.3, -0.25) is 0 Å². The number of carboxylic acids is 1. The van der Waals surface area contributed by atoms with Gasteiger partial charge in [0.05, 0.1) is 6.61 Å². The Balaban J connectivity index is 4.77. The predicted molar refractivity (Wildman–Crippen MR) is 40.1 cm³/mol. The molecule has 0 aliphatic heterocycles. The molecule has 0 bridgehead atoms. The zero-order chi connectivity index (χ0) is 14.1. The molecule has 1 atom stereocenters. The third-order valence-electron chi connectivity index (χ3n) is 1.59. The van der Waals surface area contributed by atoms with E-state index in [0.717, 1.165) is 0 Å². The van der Waals surface area contributed by atoms with Crippen molar-refractivity contribution in [3.05, 3.63) is 0 Å². The highest BCUT2D eigenvalue weighted by atomic mass is 19.4. The van der Waals surface area contributed by atoms with Crippen LogP contribution in [0, 0.1) is 0 Å². The van der Waals surface area contributed by atoms with Gasteiger partial charge in [-0.15, -0.1) is 0 Å². The van der Waals surface area contributed by atoms with Crippen LogP contribution in [0.4, 0.5) is 26.3 Å². The molecule has 10 heteroatoms. The third-order valence-corrected chi connectivity index (χ3v) is 1.59. The molecule has 0 aromatic heterocycles. The highest BCUT2D eigenvalue weighted by molar-refractivity contribution is 5.76. The third kappa shape index (κ3) is 4.77. The molecule has 0 aliphatic carbocycles. The summed E-state index contributed by atoms with van der Waals surface area (Å²) in [5.41, 5.74) is -2.84. The first kappa shape index (κ1) is 16.0. The molecule has 0 rings (SSSR count). The Bertz CT molecular complexity index is 267. The molecule has 102 valence electrons. The van der Waals surface area contributed by atoms with E-state index < -0.39 is 36.6 Å². The van der Waals surface area contributed by atoms with Crippen molar-refractivity contribution in [1.82, 2.24) is 0 Å². The first-order valence-electron chi connectivity index (χ1n) is 3.99. The average molecular weight is 270 g/mol. The first-order chi connectivity index (χ1) is 7.28. The van der Waals surface area contributed by atoms with E-state index in [0.29, 0.717) is 6.92 Å². The number of carbonyl (C=O) groups is 1. The summed E-state index contributed by atoms with van der Waals surface area (Å²) in [5, 5.41) is 17.2. The van der Waals surface area contributed by atoms with Crippen molar-refractivity contribution in [2.45, 2.75) is 31.0 Å². The highest BCUT2D eigenvalue weighted by Gasteiger charge is 2.58. The molecule has 0 spiro atoms. The lowest BCUT2D eigenvalue weighted by molar-refractivity contribution is -0.327. The molecule has 0 saturated carbocycles. The molecule has 1 unspecified atom stereocenters. The summed E-state index contributed by atoms with van der Waals surface area (Å²) in [6.07, 6.45) is -15.6. The van der Waals surface area contributed by atoms with Gasteiger partial charge in [0, 0.05) is 0 Å². The average Bonchev–Trinajstić information content (AvgIpc) is 1.97. The Morgan fingerprint density at radius 3 is 1.76 bits per heavy atom. The standard InChI is InChI=1S/C7H8F6O4/c1-5(16,4(14)15)2-17-3(6(8,9)10)7(11,12)13/h3,16H,2H2,1H3,(H,14,15). The molecule has 0 aromatic rings. The predicted octanol–water partition coefficient (Wildman–Crippen LogP) is 1.33. The number of ether oxygens (including phenoxy) is 1. The Labute approximate surface area is 90.8 Å². The summed E-state index contributed by atoms with van der Waals surface area (Å²) in [6.45, 7) is -1.13. The first-order valence-corrected chi connectivity index (χ1v) is 3.99. The fraction of sp³-hybridized carbons (Fsp3) is 0.857. The van der Waals surface area contributed by atoms with Gasteiger partial charge in [0.25, 0.3) is 0 Å². The molecule has 0 radical (unpaired) electrons. The summed E-state index contributed by atoms with van der Waals surface area (Å²) in [7, 11) is 0. The monoisotopic (exact) mass is 270 g/mol. The fourth-order valence-corrected chi connectivity index (χ4v) is 0.682. The number of aliphatic hydroxyl groups is 1. The van der Waals surface area contributed by atoms with Crippen LogP contribution < -0.4 is 0 Å². The molecule has 0 saturated heterocycles. The Morgan fingerprint density at radius 2 is 1.53 bits per heavy atom. The lowest BCUT2D eigenvalue weighted by atomic mass is 10.1. The molecule has 2 N–H and O–H groups in total. The van der Waals surface area contributed by atoms with Gasteiger partial charge in [-0.2, -0.15) is 26.3 Å². The van der Waals surface area contributed by atoms with Gasteiger partial charge < -0.3 is 14.9 Å². The van der Waals surface area contributed by atoms with E-state index in [4.69, 9.17) is 10.2 Å². The fourth-order valence-electron chi connectivity index (χ4n) is 0.682. The minimum atomic E-state index is -5.74. The molecular formula is C7H8F6O4. The quantitative estimate of drug-likeness (QED) is 0.756. The number of alkyl halides is 6. The van der Waals surface area contributed by atoms with Crippen molar-refractivity contribution in [2.24, 2.45) is 0 Å². The normalized spacial score (nSPS) is 17.0. The number of hydrogen-bond acceptors (Lipinski definition) is 3. The summed E-state index contributed by atoms with van der Waals surface area (Å²) < 4.78 is 74.9. The number of hydrogen-bond donors (Lipinski definition) is 2. The van der Waals surface area contributed by atoms with Gasteiger partial charge in [0.2, 0.25) is 6.10 Å². The smallest absolute Gasteiger partial charge is 0.423 e. The molecule has 17 heavy (non-hydrogen) atoms. The maximum absolute atomic E-state index is 11.9. The van der Waals surface area contributed by atoms with E-state index in [9.17, 15) is 31.1 Å². The van der Waals surface area contributed by atoms with Crippen LogP contribution in [0.15, 0.2) is 0 Å². The SMILES string of the molecule is CC(O)(COC(C(F)(F)F)C(F)(F)F)C(=O)O. The van der Waals surface area contributed by atoms with E-state index >= 15 is 0 Å². The molecule has 0 fully saturated rings. The van der Waals surface area contributed by atoms with Crippen molar-refractivity contribution in [1.29, 1.82) is 0 Å². The lowest BCUT2D eigenvalue weighted by Gasteiger charge is -2.26. The second kappa shape index (κ2) is 4.69. The summed E-state index contributed by atoms with van der Waals surface area (Å²) >= 11 is 0. The number of carboxylic acid groups (broad SMARTS) is 1. The summed E-state index contributed by atoms with van der Waals surface area (Å²) in [4.78, 5) is 10.2. The molecule has 0 aliphatic rings. The topological polar surface area (TPSA) is 66.8 Å². The summed E-state index contributed by atoms with van der Waals surface area (Å²) in [5.74, 6) is -2.00. The van der Waals surface area contributed by atoms with E-state index in [2.05, 4.69) is 4.74 Å².